The van der Waals surface area contributed by atoms with Crippen LogP contribution in [0.3, 0.4) is 0 Å². The largest absolute Gasteiger partial charge is 0.389 e. The van der Waals surface area contributed by atoms with Crippen molar-refractivity contribution < 1.29 is 10.2 Å². The van der Waals surface area contributed by atoms with E-state index in [1.807, 2.05) is 24.3 Å². The maximum absolute atomic E-state index is 9.56. The number of hydrogen-bond acceptors (Lipinski definition) is 4. The summed E-state index contributed by atoms with van der Waals surface area (Å²) in [5, 5.41) is 19.8. The van der Waals surface area contributed by atoms with Crippen LogP contribution >= 0.6 is 11.6 Å². The van der Waals surface area contributed by atoms with Crippen LogP contribution < -0.4 is 9.80 Å². The van der Waals surface area contributed by atoms with Crippen molar-refractivity contribution >= 4 is 23.0 Å². The van der Waals surface area contributed by atoms with Crippen LogP contribution in [0.5, 0.6) is 0 Å². The second-order valence-electron chi connectivity index (χ2n) is 6.71. The molecule has 2 aromatic carbocycles. The molecule has 5 heteroatoms. The zero-order valence-electron chi connectivity index (χ0n) is 13.6. The molecule has 126 valence electrons. The first-order valence-electron chi connectivity index (χ1n) is 8.29. The van der Waals surface area contributed by atoms with Crippen LogP contribution in [0.2, 0.25) is 5.02 Å². The van der Waals surface area contributed by atoms with Gasteiger partial charge in [-0.3, -0.25) is 0 Å². The summed E-state index contributed by atoms with van der Waals surface area (Å²) in [4.78, 5) is 4.29. The Morgan fingerprint density at radius 1 is 0.833 bits per heavy atom. The molecule has 0 saturated carbocycles. The second-order valence-corrected chi connectivity index (χ2v) is 7.08. The zero-order chi connectivity index (χ0) is 16.8. The molecule has 0 aliphatic carbocycles. The molecule has 2 fully saturated rings. The Labute approximate surface area is 146 Å². The Balaban J connectivity index is 1.71. The summed E-state index contributed by atoms with van der Waals surface area (Å²) in [7, 11) is 0. The fraction of sp³-hybridized carbons (Fsp3) is 0.368. The molecule has 0 amide bonds. The minimum absolute atomic E-state index is 0.224. The Kier molecular flexibility index (Phi) is 3.91. The van der Waals surface area contributed by atoms with Crippen molar-refractivity contribution in [3.05, 3.63) is 47.0 Å². The van der Waals surface area contributed by atoms with Crippen LogP contribution in [0, 0.1) is 6.92 Å². The normalized spacial score (nSPS) is 18.5. The molecule has 2 N–H and O–H groups in total. The highest BCUT2D eigenvalue weighted by Crippen LogP contribution is 2.40. The lowest BCUT2D eigenvalue weighted by Crippen LogP contribution is -2.51. The smallest absolute Gasteiger partial charge is 0.0889 e. The lowest BCUT2D eigenvalue weighted by molar-refractivity contribution is 0.141. The summed E-state index contributed by atoms with van der Waals surface area (Å²) in [5.74, 6) is 0. The number of anilines is 2. The van der Waals surface area contributed by atoms with E-state index in [9.17, 15) is 10.2 Å². The van der Waals surface area contributed by atoms with Gasteiger partial charge in [-0.15, -0.1) is 0 Å². The number of nitrogens with zero attached hydrogens (tertiary/aromatic N) is 2. The zero-order valence-corrected chi connectivity index (χ0v) is 14.4. The predicted molar refractivity (Wildman–Crippen MR) is 98.1 cm³/mol. The Hall–Kier alpha value is -1.75. The molecule has 2 aliphatic rings. The van der Waals surface area contributed by atoms with E-state index < -0.39 is 0 Å². The molecular weight excluding hydrogens is 324 g/mol. The number of rotatable bonds is 3. The molecule has 4 rings (SSSR count). The summed E-state index contributed by atoms with van der Waals surface area (Å²) < 4.78 is 0. The first kappa shape index (κ1) is 15.8. The van der Waals surface area contributed by atoms with Gasteiger partial charge in [0.05, 0.1) is 22.9 Å². The standard InChI is InChI=1S/C19H21ClN2O2/c1-12-15(4-2-6-17(12)21-8-13(23)9-21)16-5-3-7-18(19(16)20)22-10-14(24)11-22/h2-7,13-14,23-24H,8-11H2,1H3. The number of halogens is 1. The molecule has 0 atom stereocenters. The summed E-state index contributed by atoms with van der Waals surface area (Å²) >= 11 is 6.70. The van der Waals surface area contributed by atoms with Crippen molar-refractivity contribution in [3.8, 4) is 11.1 Å². The van der Waals surface area contributed by atoms with Gasteiger partial charge in [0.25, 0.3) is 0 Å². The summed E-state index contributed by atoms with van der Waals surface area (Å²) in [5.41, 5.74) is 5.42. The van der Waals surface area contributed by atoms with E-state index in [0.717, 1.165) is 27.5 Å². The lowest BCUT2D eigenvalue weighted by Gasteiger charge is -2.39. The SMILES string of the molecule is Cc1c(-c2cccc(N3CC(O)C3)c2Cl)cccc1N1CC(O)C1. The summed E-state index contributed by atoms with van der Waals surface area (Å²) in [6.45, 7) is 4.74. The topological polar surface area (TPSA) is 46.9 Å². The van der Waals surface area contributed by atoms with E-state index in [2.05, 4.69) is 28.9 Å². The second kappa shape index (κ2) is 5.96. The van der Waals surface area contributed by atoms with E-state index in [-0.39, 0.29) is 12.2 Å². The molecule has 2 aliphatic heterocycles. The maximum Gasteiger partial charge on any atom is 0.0889 e. The maximum atomic E-state index is 9.56. The van der Waals surface area contributed by atoms with Crippen LogP contribution in [-0.2, 0) is 0 Å². The third-order valence-electron chi connectivity index (χ3n) is 4.98. The molecular formula is C19H21ClN2O2. The average Bonchev–Trinajstić information content (AvgIpc) is 2.50. The van der Waals surface area contributed by atoms with Gasteiger partial charge in [-0.2, -0.15) is 0 Å². The number of benzene rings is 2. The molecule has 0 unspecified atom stereocenters. The van der Waals surface area contributed by atoms with Gasteiger partial charge in [0.2, 0.25) is 0 Å². The van der Waals surface area contributed by atoms with E-state index in [1.54, 1.807) is 0 Å². The number of β-amino-alcohol motifs (C(OH)–C–C–N with tert-alkyl or cyclic N) is 2. The minimum Gasteiger partial charge on any atom is -0.389 e. The van der Waals surface area contributed by atoms with Gasteiger partial charge in [-0.25, -0.2) is 0 Å². The van der Waals surface area contributed by atoms with E-state index in [0.29, 0.717) is 26.2 Å². The molecule has 2 saturated heterocycles. The van der Waals surface area contributed by atoms with Crippen LogP contribution in [0.15, 0.2) is 36.4 Å². The van der Waals surface area contributed by atoms with Crippen LogP contribution in [0.1, 0.15) is 5.56 Å². The molecule has 0 aromatic heterocycles. The molecule has 24 heavy (non-hydrogen) atoms. The van der Waals surface area contributed by atoms with Crippen molar-refractivity contribution in [2.24, 2.45) is 0 Å². The first-order valence-corrected chi connectivity index (χ1v) is 8.67. The molecule has 2 aromatic rings. The van der Waals surface area contributed by atoms with Gasteiger partial charge in [0.15, 0.2) is 0 Å². The van der Waals surface area contributed by atoms with Gasteiger partial charge in [0, 0.05) is 37.4 Å². The number of aliphatic hydroxyl groups is 2. The fourth-order valence-corrected chi connectivity index (χ4v) is 3.88. The molecule has 0 radical (unpaired) electrons. The Morgan fingerprint density at radius 3 is 1.92 bits per heavy atom. The van der Waals surface area contributed by atoms with Crippen LogP contribution in [0.4, 0.5) is 11.4 Å². The highest BCUT2D eigenvalue weighted by Gasteiger charge is 2.28. The Bertz CT molecular complexity index is 702. The van der Waals surface area contributed by atoms with Gasteiger partial charge < -0.3 is 20.0 Å². The van der Waals surface area contributed by atoms with E-state index in [4.69, 9.17) is 11.6 Å². The third-order valence-corrected chi connectivity index (χ3v) is 5.38. The van der Waals surface area contributed by atoms with Crippen molar-refractivity contribution in [1.29, 1.82) is 0 Å². The molecule has 0 spiro atoms. The highest BCUT2D eigenvalue weighted by atomic mass is 35.5. The van der Waals surface area contributed by atoms with Crippen LogP contribution in [-0.4, -0.2) is 48.6 Å². The van der Waals surface area contributed by atoms with Gasteiger partial charge in [-0.05, 0) is 30.2 Å². The van der Waals surface area contributed by atoms with Crippen molar-refractivity contribution in [2.75, 3.05) is 36.0 Å². The highest BCUT2D eigenvalue weighted by molar-refractivity contribution is 6.36. The fourth-order valence-electron chi connectivity index (χ4n) is 3.53. The van der Waals surface area contributed by atoms with Gasteiger partial charge in [0.1, 0.15) is 0 Å². The summed E-state index contributed by atoms with van der Waals surface area (Å²) in [6, 6.07) is 12.3. The van der Waals surface area contributed by atoms with E-state index in [1.165, 1.54) is 5.56 Å². The van der Waals surface area contributed by atoms with Crippen molar-refractivity contribution in [3.63, 3.8) is 0 Å². The predicted octanol–water partition coefficient (Wildman–Crippen LogP) is 2.68. The molecule has 4 nitrogen and oxygen atoms in total. The summed E-state index contributed by atoms with van der Waals surface area (Å²) in [6.07, 6.45) is -0.481. The Morgan fingerprint density at radius 2 is 1.33 bits per heavy atom. The molecule has 0 bridgehead atoms. The quantitative estimate of drug-likeness (QED) is 0.898. The van der Waals surface area contributed by atoms with Crippen molar-refractivity contribution in [1.82, 2.24) is 0 Å². The van der Waals surface area contributed by atoms with Crippen molar-refractivity contribution in [2.45, 2.75) is 19.1 Å². The first-order chi connectivity index (χ1) is 11.5. The van der Waals surface area contributed by atoms with Gasteiger partial charge in [-0.1, -0.05) is 35.9 Å². The lowest BCUT2D eigenvalue weighted by atomic mass is 9.96. The van der Waals surface area contributed by atoms with Crippen LogP contribution in [0.25, 0.3) is 11.1 Å². The molecule has 2 heterocycles. The van der Waals surface area contributed by atoms with Gasteiger partial charge >= 0.3 is 0 Å². The number of aliphatic hydroxyl groups excluding tert-OH is 2. The number of hydrogen-bond donors (Lipinski definition) is 2. The minimum atomic E-state index is -0.257. The monoisotopic (exact) mass is 344 g/mol. The average molecular weight is 345 g/mol. The third kappa shape index (κ3) is 2.55. The van der Waals surface area contributed by atoms with E-state index >= 15 is 0 Å².